The van der Waals surface area contributed by atoms with Gasteiger partial charge in [0.15, 0.2) is 0 Å². The molecule has 1 aromatic heterocycles. The van der Waals surface area contributed by atoms with Crippen LogP contribution in [0, 0.1) is 6.92 Å². The number of hydrogen-bond donors (Lipinski definition) is 0. The van der Waals surface area contributed by atoms with Crippen LogP contribution >= 0.6 is 0 Å². The fraction of sp³-hybridized carbons (Fsp3) is 0.438. The topological polar surface area (TPSA) is 54.3 Å². The molecule has 3 rings (SSSR count). The van der Waals surface area contributed by atoms with E-state index < -0.39 is 0 Å². The van der Waals surface area contributed by atoms with Gasteiger partial charge in [0.05, 0.1) is 5.69 Å². The van der Waals surface area contributed by atoms with E-state index >= 15 is 0 Å². The Kier molecular flexibility index (Phi) is 3.94. The minimum Gasteiger partial charge on any atom is -0.335 e. The molecule has 0 radical (unpaired) electrons. The number of nitrogens with zero attached hydrogens (tertiary/aromatic N) is 5. The molecule has 6 heteroatoms. The maximum absolute atomic E-state index is 12.5. The SMILES string of the molecule is Cc1ccccc1-n1cnc(C(=O)N(C)C2CCN(C)C2)n1. The van der Waals surface area contributed by atoms with Crippen LogP contribution in [-0.4, -0.2) is 63.7 Å². The lowest BCUT2D eigenvalue weighted by molar-refractivity contribution is 0.0725. The second kappa shape index (κ2) is 5.88. The molecule has 22 heavy (non-hydrogen) atoms. The number of carbonyl (C=O) groups excluding carboxylic acids is 1. The van der Waals surface area contributed by atoms with E-state index in [1.54, 1.807) is 15.9 Å². The summed E-state index contributed by atoms with van der Waals surface area (Å²) in [6, 6.07) is 8.15. The lowest BCUT2D eigenvalue weighted by Gasteiger charge is -2.22. The van der Waals surface area contributed by atoms with Gasteiger partial charge in [-0.05, 0) is 38.6 Å². The highest BCUT2D eigenvalue weighted by molar-refractivity contribution is 5.90. The molecule has 0 aliphatic carbocycles. The summed E-state index contributed by atoms with van der Waals surface area (Å²) in [4.78, 5) is 20.7. The van der Waals surface area contributed by atoms with Crippen LogP contribution in [0.25, 0.3) is 5.69 Å². The Morgan fingerprint density at radius 1 is 1.36 bits per heavy atom. The monoisotopic (exact) mass is 299 g/mol. The summed E-state index contributed by atoms with van der Waals surface area (Å²) < 4.78 is 1.66. The van der Waals surface area contributed by atoms with Gasteiger partial charge >= 0.3 is 0 Å². The summed E-state index contributed by atoms with van der Waals surface area (Å²) in [7, 11) is 3.91. The van der Waals surface area contributed by atoms with Gasteiger partial charge in [0.2, 0.25) is 5.82 Å². The summed E-state index contributed by atoms with van der Waals surface area (Å²) in [5, 5.41) is 4.35. The number of amides is 1. The second-order valence-corrected chi connectivity index (χ2v) is 5.92. The smallest absolute Gasteiger partial charge is 0.293 e. The third-order valence-corrected chi connectivity index (χ3v) is 4.28. The number of likely N-dealkylation sites (tertiary alicyclic amines) is 1. The maximum Gasteiger partial charge on any atom is 0.293 e. The summed E-state index contributed by atoms with van der Waals surface area (Å²) in [5.41, 5.74) is 2.04. The first kappa shape index (κ1) is 14.7. The summed E-state index contributed by atoms with van der Waals surface area (Å²) >= 11 is 0. The number of rotatable bonds is 3. The van der Waals surface area contributed by atoms with Gasteiger partial charge in [-0.25, -0.2) is 9.67 Å². The molecule has 0 saturated carbocycles. The van der Waals surface area contributed by atoms with Crippen molar-refractivity contribution in [3.8, 4) is 5.69 Å². The summed E-state index contributed by atoms with van der Waals surface area (Å²) in [6.07, 6.45) is 2.60. The number of aryl methyl sites for hydroxylation is 1. The molecule has 0 N–H and O–H groups in total. The summed E-state index contributed by atoms with van der Waals surface area (Å²) in [6.45, 7) is 3.94. The molecule has 0 bridgehead atoms. The van der Waals surface area contributed by atoms with Gasteiger partial charge in [0.1, 0.15) is 6.33 Å². The molecular formula is C16H21N5O. The first-order valence-electron chi connectivity index (χ1n) is 7.49. The number of carbonyl (C=O) groups is 1. The van der Waals surface area contributed by atoms with Crippen LogP contribution in [0.3, 0.4) is 0 Å². The van der Waals surface area contributed by atoms with Gasteiger partial charge in [0, 0.05) is 19.6 Å². The van der Waals surface area contributed by atoms with Gasteiger partial charge < -0.3 is 9.80 Å². The Morgan fingerprint density at radius 2 is 2.14 bits per heavy atom. The molecule has 1 saturated heterocycles. The van der Waals surface area contributed by atoms with E-state index in [2.05, 4.69) is 22.0 Å². The highest BCUT2D eigenvalue weighted by Gasteiger charge is 2.28. The first-order chi connectivity index (χ1) is 10.6. The third-order valence-electron chi connectivity index (χ3n) is 4.28. The maximum atomic E-state index is 12.5. The van der Waals surface area contributed by atoms with E-state index in [9.17, 15) is 4.79 Å². The van der Waals surface area contributed by atoms with Crippen LogP contribution in [0.1, 0.15) is 22.6 Å². The number of likely N-dealkylation sites (N-methyl/N-ethyl adjacent to an activating group) is 2. The van der Waals surface area contributed by atoms with Crippen molar-refractivity contribution in [3.63, 3.8) is 0 Å². The highest BCUT2D eigenvalue weighted by atomic mass is 16.2. The van der Waals surface area contributed by atoms with Gasteiger partial charge in [-0.1, -0.05) is 18.2 Å². The van der Waals surface area contributed by atoms with Crippen molar-refractivity contribution in [1.82, 2.24) is 24.6 Å². The van der Waals surface area contributed by atoms with Crippen LogP contribution in [0.15, 0.2) is 30.6 Å². The quantitative estimate of drug-likeness (QED) is 0.858. The largest absolute Gasteiger partial charge is 0.335 e. The molecule has 1 aromatic carbocycles. The van der Waals surface area contributed by atoms with Crippen molar-refractivity contribution in [1.29, 1.82) is 0 Å². The molecule has 1 aliphatic rings. The molecule has 2 heterocycles. The normalized spacial score (nSPS) is 18.6. The Labute approximate surface area is 130 Å². The standard InChI is InChI=1S/C16H21N5O/c1-12-6-4-5-7-14(12)21-11-17-15(18-21)16(22)20(3)13-8-9-19(2)10-13/h4-7,11,13H,8-10H2,1-3H3. The zero-order chi connectivity index (χ0) is 15.7. The van der Waals surface area contributed by atoms with Crippen molar-refractivity contribution in [2.24, 2.45) is 0 Å². The molecule has 116 valence electrons. The predicted molar refractivity (Wildman–Crippen MR) is 84.1 cm³/mol. The zero-order valence-electron chi connectivity index (χ0n) is 13.2. The molecule has 2 aromatic rings. The Balaban J connectivity index is 1.79. The molecule has 1 unspecified atom stereocenters. The number of para-hydroxylation sites is 1. The minimum absolute atomic E-state index is 0.118. The van der Waals surface area contributed by atoms with Crippen molar-refractivity contribution < 1.29 is 4.79 Å². The minimum atomic E-state index is -0.118. The number of aromatic nitrogens is 3. The average Bonchev–Trinajstić information content (AvgIpc) is 3.15. The lowest BCUT2D eigenvalue weighted by atomic mass is 10.2. The molecule has 0 spiro atoms. The predicted octanol–water partition coefficient (Wildman–Crippen LogP) is 1.35. The summed E-state index contributed by atoms with van der Waals surface area (Å²) in [5.74, 6) is 0.132. The first-order valence-corrected chi connectivity index (χ1v) is 7.49. The van der Waals surface area contributed by atoms with Crippen LogP contribution in [-0.2, 0) is 0 Å². The van der Waals surface area contributed by atoms with Gasteiger partial charge in [-0.15, -0.1) is 5.10 Å². The van der Waals surface area contributed by atoms with Crippen LogP contribution < -0.4 is 0 Å². The fourth-order valence-corrected chi connectivity index (χ4v) is 2.85. The Morgan fingerprint density at radius 3 is 2.82 bits per heavy atom. The third kappa shape index (κ3) is 2.74. The molecule has 1 fully saturated rings. The van der Waals surface area contributed by atoms with Crippen LogP contribution in [0.2, 0.25) is 0 Å². The van der Waals surface area contributed by atoms with E-state index in [1.807, 2.05) is 38.2 Å². The van der Waals surface area contributed by atoms with Crippen LogP contribution in [0.4, 0.5) is 0 Å². The highest BCUT2D eigenvalue weighted by Crippen LogP contribution is 2.15. The van der Waals surface area contributed by atoms with Crippen LogP contribution in [0.5, 0.6) is 0 Å². The van der Waals surface area contributed by atoms with Gasteiger partial charge in [-0.2, -0.15) is 0 Å². The second-order valence-electron chi connectivity index (χ2n) is 5.92. The Hall–Kier alpha value is -2.21. The van der Waals surface area contributed by atoms with Crippen molar-refractivity contribution in [2.75, 3.05) is 27.2 Å². The number of benzene rings is 1. The molecule has 1 amide bonds. The van der Waals surface area contributed by atoms with E-state index in [4.69, 9.17) is 0 Å². The molecule has 1 aliphatic heterocycles. The molecular weight excluding hydrogens is 278 g/mol. The van der Waals surface area contributed by atoms with E-state index in [0.717, 1.165) is 30.8 Å². The van der Waals surface area contributed by atoms with Crippen molar-refractivity contribution >= 4 is 5.91 Å². The Bertz CT molecular complexity index is 681. The zero-order valence-corrected chi connectivity index (χ0v) is 13.2. The van der Waals surface area contributed by atoms with Gasteiger partial charge in [-0.3, -0.25) is 4.79 Å². The van der Waals surface area contributed by atoms with E-state index in [1.165, 1.54) is 0 Å². The molecule has 6 nitrogen and oxygen atoms in total. The fourth-order valence-electron chi connectivity index (χ4n) is 2.85. The van der Waals surface area contributed by atoms with Crippen molar-refractivity contribution in [3.05, 3.63) is 42.0 Å². The molecule has 1 atom stereocenters. The number of hydrogen-bond acceptors (Lipinski definition) is 4. The van der Waals surface area contributed by atoms with E-state index in [0.29, 0.717) is 0 Å². The van der Waals surface area contributed by atoms with E-state index in [-0.39, 0.29) is 17.8 Å². The van der Waals surface area contributed by atoms with Crippen molar-refractivity contribution in [2.45, 2.75) is 19.4 Å². The average molecular weight is 299 g/mol. The van der Waals surface area contributed by atoms with Gasteiger partial charge in [0.25, 0.3) is 5.91 Å². The lowest BCUT2D eigenvalue weighted by Crippen LogP contribution is -2.39.